The van der Waals surface area contributed by atoms with Gasteiger partial charge in [0.25, 0.3) is 0 Å². The third-order valence-corrected chi connectivity index (χ3v) is 4.61. The van der Waals surface area contributed by atoms with E-state index in [0.717, 1.165) is 17.7 Å². The maximum atomic E-state index is 12.1. The zero-order chi connectivity index (χ0) is 13.8. The smallest absolute Gasteiger partial charge is 0.243 e. The van der Waals surface area contributed by atoms with Gasteiger partial charge in [-0.3, -0.25) is 4.79 Å². The highest BCUT2D eigenvalue weighted by Crippen LogP contribution is 2.26. The number of halogens is 1. The Morgan fingerprint density at radius 2 is 2.15 bits per heavy atom. The summed E-state index contributed by atoms with van der Waals surface area (Å²) in [5, 5.41) is 3.45. The molecule has 1 saturated heterocycles. The third kappa shape index (κ3) is 4.41. The quantitative estimate of drug-likeness (QED) is 0.893. The molecule has 0 spiro atoms. The van der Waals surface area contributed by atoms with E-state index in [1.165, 1.54) is 11.3 Å². The van der Waals surface area contributed by atoms with Gasteiger partial charge in [-0.1, -0.05) is 13.8 Å². The largest absolute Gasteiger partial charge is 0.381 e. The summed E-state index contributed by atoms with van der Waals surface area (Å²) in [5.41, 5.74) is 6.02. The fourth-order valence-corrected chi connectivity index (χ4v) is 2.91. The molecule has 1 fully saturated rings. The van der Waals surface area contributed by atoms with E-state index in [-0.39, 0.29) is 24.2 Å². The van der Waals surface area contributed by atoms with Gasteiger partial charge in [-0.15, -0.1) is 23.7 Å². The van der Waals surface area contributed by atoms with Crippen LogP contribution >= 0.6 is 23.7 Å². The molecule has 20 heavy (non-hydrogen) atoms. The summed E-state index contributed by atoms with van der Waals surface area (Å²) >= 11 is 1.51. The van der Waals surface area contributed by atoms with Gasteiger partial charge in [0.05, 0.1) is 6.04 Å². The fraction of sp³-hybridized carbons (Fsp3) is 0.692. The summed E-state index contributed by atoms with van der Waals surface area (Å²) < 4.78 is 5.28. The van der Waals surface area contributed by atoms with Gasteiger partial charge in [-0.25, -0.2) is 4.98 Å². The number of anilines is 1. The van der Waals surface area contributed by atoms with Crippen LogP contribution in [-0.4, -0.2) is 30.1 Å². The van der Waals surface area contributed by atoms with E-state index in [2.05, 4.69) is 24.1 Å². The highest BCUT2D eigenvalue weighted by molar-refractivity contribution is 7.15. The number of rotatable bonds is 4. The van der Waals surface area contributed by atoms with Crippen molar-refractivity contribution in [1.82, 2.24) is 4.98 Å². The van der Waals surface area contributed by atoms with Crippen molar-refractivity contribution in [2.24, 2.45) is 11.7 Å². The van der Waals surface area contributed by atoms with Crippen molar-refractivity contribution in [3.05, 3.63) is 11.1 Å². The fourth-order valence-electron chi connectivity index (χ4n) is 2.09. The topological polar surface area (TPSA) is 77.2 Å². The minimum absolute atomic E-state index is 0. The van der Waals surface area contributed by atoms with Crippen LogP contribution in [0, 0.1) is 5.92 Å². The van der Waals surface area contributed by atoms with Gasteiger partial charge in [-0.2, -0.15) is 0 Å². The number of amides is 1. The molecule has 1 aromatic heterocycles. The minimum atomic E-state index is -0.477. The Kier molecular flexibility index (Phi) is 6.88. The molecule has 1 atom stereocenters. The minimum Gasteiger partial charge on any atom is -0.381 e. The molecule has 7 heteroatoms. The average molecular weight is 320 g/mol. The Hall–Kier alpha value is -0.690. The van der Waals surface area contributed by atoms with Crippen LogP contribution in [0.5, 0.6) is 0 Å². The Labute approximate surface area is 129 Å². The second kappa shape index (κ2) is 7.93. The summed E-state index contributed by atoms with van der Waals surface area (Å²) in [6.07, 6.45) is 3.51. The van der Waals surface area contributed by atoms with Crippen molar-refractivity contribution >= 4 is 34.8 Å². The first-order chi connectivity index (χ1) is 9.08. The van der Waals surface area contributed by atoms with Gasteiger partial charge in [0, 0.05) is 24.3 Å². The molecular weight excluding hydrogens is 298 g/mol. The zero-order valence-electron chi connectivity index (χ0n) is 11.8. The third-order valence-electron chi connectivity index (χ3n) is 3.40. The molecule has 2 rings (SSSR count). The molecule has 3 N–H and O–H groups in total. The summed E-state index contributed by atoms with van der Waals surface area (Å²) in [5.74, 6) is 0.488. The van der Waals surface area contributed by atoms with Gasteiger partial charge >= 0.3 is 0 Å². The molecule has 1 aliphatic heterocycles. The van der Waals surface area contributed by atoms with E-state index in [4.69, 9.17) is 10.5 Å². The molecule has 1 unspecified atom stereocenters. The first-order valence-corrected chi connectivity index (χ1v) is 7.49. The molecule has 1 aromatic rings. The van der Waals surface area contributed by atoms with Gasteiger partial charge in [0.2, 0.25) is 5.91 Å². The van der Waals surface area contributed by atoms with Crippen LogP contribution in [0.4, 0.5) is 5.13 Å². The van der Waals surface area contributed by atoms with Crippen LogP contribution in [0.15, 0.2) is 6.20 Å². The molecule has 0 aliphatic carbocycles. The van der Waals surface area contributed by atoms with E-state index in [9.17, 15) is 4.79 Å². The van der Waals surface area contributed by atoms with Crippen LogP contribution < -0.4 is 11.1 Å². The van der Waals surface area contributed by atoms with Crippen molar-refractivity contribution in [1.29, 1.82) is 0 Å². The van der Waals surface area contributed by atoms with E-state index >= 15 is 0 Å². The molecule has 0 radical (unpaired) electrons. The standard InChI is InChI=1S/C13H21N3O2S.ClH/c1-8(2)10-7-15-13(19-10)16-12(17)11(14)9-3-5-18-6-4-9;/h7-9,11H,3-6,14H2,1-2H3,(H,15,16,17);1H. The second-order valence-corrected chi connectivity index (χ2v) is 6.25. The molecule has 0 aromatic carbocycles. The SMILES string of the molecule is CC(C)c1cnc(NC(=O)C(N)C2CCOCC2)s1.Cl. The average Bonchev–Trinajstić information content (AvgIpc) is 2.87. The number of nitrogens with two attached hydrogens (primary N) is 1. The maximum Gasteiger partial charge on any atom is 0.243 e. The number of thiazole rings is 1. The lowest BCUT2D eigenvalue weighted by Gasteiger charge is -2.26. The van der Waals surface area contributed by atoms with Crippen LogP contribution in [0.25, 0.3) is 0 Å². The molecule has 1 amide bonds. The van der Waals surface area contributed by atoms with Crippen molar-refractivity contribution < 1.29 is 9.53 Å². The highest BCUT2D eigenvalue weighted by Gasteiger charge is 2.27. The molecule has 1 aliphatic rings. The monoisotopic (exact) mass is 319 g/mol. The molecule has 114 valence electrons. The maximum absolute atomic E-state index is 12.1. The van der Waals surface area contributed by atoms with Crippen molar-refractivity contribution in [2.45, 2.75) is 38.6 Å². The summed E-state index contributed by atoms with van der Waals surface area (Å²) in [6, 6.07) is -0.477. The molecule has 0 saturated carbocycles. The van der Waals surface area contributed by atoms with Crippen molar-refractivity contribution in [3.8, 4) is 0 Å². The van der Waals surface area contributed by atoms with Gasteiger partial charge in [0.15, 0.2) is 5.13 Å². The first-order valence-electron chi connectivity index (χ1n) is 6.68. The summed E-state index contributed by atoms with van der Waals surface area (Å²) in [6.45, 7) is 5.60. The van der Waals surface area contributed by atoms with E-state index < -0.39 is 6.04 Å². The van der Waals surface area contributed by atoms with E-state index in [1.54, 1.807) is 0 Å². The zero-order valence-corrected chi connectivity index (χ0v) is 13.4. The highest BCUT2D eigenvalue weighted by atomic mass is 35.5. The number of ether oxygens (including phenoxy) is 1. The van der Waals surface area contributed by atoms with Gasteiger partial charge < -0.3 is 15.8 Å². The van der Waals surface area contributed by atoms with Gasteiger partial charge in [-0.05, 0) is 24.7 Å². The Balaban J connectivity index is 0.00000200. The van der Waals surface area contributed by atoms with Crippen LogP contribution in [0.3, 0.4) is 0 Å². The molecule has 2 heterocycles. The van der Waals surface area contributed by atoms with Crippen molar-refractivity contribution in [3.63, 3.8) is 0 Å². The number of hydrogen-bond donors (Lipinski definition) is 2. The number of nitrogens with one attached hydrogen (secondary N) is 1. The summed E-state index contributed by atoms with van der Waals surface area (Å²) in [4.78, 5) is 17.5. The number of aromatic nitrogens is 1. The predicted octanol–water partition coefficient (Wildman–Crippen LogP) is 2.38. The van der Waals surface area contributed by atoms with Crippen LogP contribution in [-0.2, 0) is 9.53 Å². The second-order valence-electron chi connectivity index (χ2n) is 5.19. The van der Waals surface area contributed by atoms with E-state index in [0.29, 0.717) is 24.3 Å². The normalized spacial score (nSPS) is 17.6. The lowest BCUT2D eigenvalue weighted by molar-refractivity contribution is -0.119. The van der Waals surface area contributed by atoms with Crippen molar-refractivity contribution in [2.75, 3.05) is 18.5 Å². The molecule has 0 bridgehead atoms. The number of carbonyl (C=O) groups excluding carboxylic acids is 1. The Morgan fingerprint density at radius 3 is 2.70 bits per heavy atom. The molecular formula is C13H22ClN3O2S. The number of hydrogen-bond acceptors (Lipinski definition) is 5. The molecule has 5 nitrogen and oxygen atoms in total. The van der Waals surface area contributed by atoms with Crippen LogP contribution in [0.2, 0.25) is 0 Å². The van der Waals surface area contributed by atoms with Crippen LogP contribution in [0.1, 0.15) is 37.5 Å². The number of carbonyl (C=O) groups is 1. The number of nitrogens with zero attached hydrogens (tertiary/aromatic N) is 1. The first kappa shape index (κ1) is 17.4. The lowest BCUT2D eigenvalue weighted by Crippen LogP contribution is -2.43. The van der Waals surface area contributed by atoms with E-state index in [1.807, 2.05) is 6.20 Å². The Morgan fingerprint density at radius 1 is 1.50 bits per heavy atom. The van der Waals surface area contributed by atoms with Gasteiger partial charge in [0.1, 0.15) is 0 Å². The Bertz CT molecular complexity index is 433. The predicted molar refractivity (Wildman–Crippen MR) is 83.6 cm³/mol. The summed E-state index contributed by atoms with van der Waals surface area (Å²) in [7, 11) is 0. The lowest BCUT2D eigenvalue weighted by atomic mass is 9.92.